The second kappa shape index (κ2) is 7.06. The summed E-state index contributed by atoms with van der Waals surface area (Å²) in [7, 11) is 0. The van der Waals surface area contributed by atoms with Gasteiger partial charge < -0.3 is 10.1 Å². The second-order valence-electron chi connectivity index (χ2n) is 4.88. The Balaban J connectivity index is 2.20. The predicted molar refractivity (Wildman–Crippen MR) is 79.9 cm³/mol. The number of hydrogen-bond donors (Lipinski definition) is 1. The number of ether oxygens (including phenoxy) is 1. The van der Waals surface area contributed by atoms with Gasteiger partial charge in [-0.25, -0.2) is 0 Å². The lowest BCUT2D eigenvalue weighted by atomic mass is 9.89. The quantitative estimate of drug-likeness (QED) is 0.843. The number of halogens is 1. The first-order valence-corrected chi connectivity index (χ1v) is 7.69. The summed E-state index contributed by atoms with van der Waals surface area (Å²) in [6.45, 7) is 4.56. The third kappa shape index (κ3) is 3.80. The van der Waals surface area contributed by atoms with Gasteiger partial charge in [-0.3, -0.25) is 4.79 Å². The summed E-state index contributed by atoms with van der Waals surface area (Å²) in [6.07, 6.45) is 2.77. The Hall–Kier alpha value is -0.870. The van der Waals surface area contributed by atoms with Crippen molar-refractivity contribution in [2.24, 2.45) is 5.92 Å². The van der Waals surface area contributed by atoms with Crippen LogP contribution in [0.2, 0.25) is 0 Å². The van der Waals surface area contributed by atoms with E-state index in [2.05, 4.69) is 28.2 Å². The molecule has 4 heteroatoms. The number of hydrogen-bond acceptors (Lipinski definition) is 3. The fourth-order valence-electron chi connectivity index (χ4n) is 2.34. The molecule has 1 heterocycles. The van der Waals surface area contributed by atoms with E-state index < -0.39 is 0 Å². The third-order valence-corrected chi connectivity index (χ3v) is 3.87. The van der Waals surface area contributed by atoms with E-state index in [-0.39, 0.29) is 11.7 Å². The molecule has 0 spiro atoms. The number of benzene rings is 1. The number of carbonyl (C=O) groups is 1. The molecule has 0 atom stereocenters. The number of rotatable bonds is 5. The van der Waals surface area contributed by atoms with Crippen molar-refractivity contribution in [3.63, 3.8) is 0 Å². The van der Waals surface area contributed by atoms with Crippen LogP contribution in [0.15, 0.2) is 22.7 Å². The Morgan fingerprint density at radius 3 is 2.84 bits per heavy atom. The maximum absolute atomic E-state index is 12.6. The van der Waals surface area contributed by atoms with Gasteiger partial charge in [-0.05, 0) is 50.6 Å². The predicted octanol–water partition coefficient (Wildman–Crippen LogP) is 3.42. The zero-order chi connectivity index (χ0) is 13.7. The summed E-state index contributed by atoms with van der Waals surface area (Å²) in [4.78, 5) is 12.6. The van der Waals surface area contributed by atoms with Gasteiger partial charge in [0.2, 0.25) is 0 Å². The third-order valence-electron chi connectivity index (χ3n) is 3.38. The highest BCUT2D eigenvalue weighted by atomic mass is 79.9. The van der Waals surface area contributed by atoms with E-state index in [4.69, 9.17) is 4.74 Å². The minimum atomic E-state index is 0.125. The smallest absolute Gasteiger partial charge is 0.169 e. The van der Waals surface area contributed by atoms with Crippen molar-refractivity contribution >= 4 is 21.7 Å². The van der Waals surface area contributed by atoms with Gasteiger partial charge in [-0.2, -0.15) is 0 Å². The van der Waals surface area contributed by atoms with Gasteiger partial charge in [-0.15, -0.1) is 0 Å². The molecule has 1 N–H and O–H groups in total. The Morgan fingerprint density at radius 2 is 2.16 bits per heavy atom. The van der Waals surface area contributed by atoms with Gasteiger partial charge in [0.05, 0.1) is 12.2 Å². The fourth-order valence-corrected chi connectivity index (χ4v) is 2.70. The molecule has 2 rings (SSSR count). The van der Waals surface area contributed by atoms with E-state index in [1.54, 1.807) is 0 Å². The van der Waals surface area contributed by atoms with Crippen molar-refractivity contribution in [3.05, 3.63) is 28.2 Å². The maximum atomic E-state index is 12.6. The molecule has 0 aliphatic carbocycles. The van der Waals surface area contributed by atoms with E-state index >= 15 is 0 Å². The number of carbonyl (C=O) groups excluding carboxylic acids is 1. The van der Waals surface area contributed by atoms with Crippen LogP contribution in [0.5, 0.6) is 5.75 Å². The van der Waals surface area contributed by atoms with Crippen molar-refractivity contribution in [1.29, 1.82) is 0 Å². The molecule has 1 aromatic rings. The molecule has 0 bridgehead atoms. The molecule has 3 nitrogen and oxygen atoms in total. The number of piperidine rings is 1. The molecule has 0 radical (unpaired) electrons. The van der Waals surface area contributed by atoms with Crippen molar-refractivity contribution in [1.82, 2.24) is 5.32 Å². The summed E-state index contributed by atoms with van der Waals surface area (Å²) in [6, 6.07) is 5.69. The molecule has 0 amide bonds. The van der Waals surface area contributed by atoms with Gasteiger partial charge in [0.15, 0.2) is 5.78 Å². The van der Waals surface area contributed by atoms with E-state index in [9.17, 15) is 4.79 Å². The van der Waals surface area contributed by atoms with E-state index in [0.29, 0.717) is 12.4 Å². The van der Waals surface area contributed by atoms with Gasteiger partial charge in [0.1, 0.15) is 5.75 Å². The highest BCUT2D eigenvalue weighted by Gasteiger charge is 2.24. The molecule has 1 aromatic carbocycles. The Morgan fingerprint density at radius 1 is 1.42 bits per heavy atom. The molecule has 19 heavy (non-hydrogen) atoms. The lowest BCUT2D eigenvalue weighted by Crippen LogP contribution is -2.32. The minimum absolute atomic E-state index is 0.125. The average molecular weight is 326 g/mol. The zero-order valence-electron chi connectivity index (χ0n) is 11.2. The molecule has 0 aromatic heterocycles. The lowest BCUT2D eigenvalue weighted by molar-refractivity contribution is 0.0891. The van der Waals surface area contributed by atoms with Crippen LogP contribution < -0.4 is 10.1 Å². The van der Waals surface area contributed by atoms with Crippen LogP contribution in [0.1, 0.15) is 36.5 Å². The van der Waals surface area contributed by atoms with Crippen LogP contribution in [0.4, 0.5) is 0 Å². The molecule has 104 valence electrons. The summed E-state index contributed by atoms with van der Waals surface area (Å²) in [5.74, 6) is 1.06. The van der Waals surface area contributed by atoms with Crippen molar-refractivity contribution in [3.8, 4) is 5.75 Å². The second-order valence-corrected chi connectivity index (χ2v) is 5.79. The summed E-state index contributed by atoms with van der Waals surface area (Å²) < 4.78 is 6.62. The minimum Gasteiger partial charge on any atom is -0.493 e. The highest BCUT2D eigenvalue weighted by molar-refractivity contribution is 9.10. The molecule has 1 fully saturated rings. The molecule has 1 aliphatic rings. The summed E-state index contributed by atoms with van der Waals surface area (Å²) in [5.41, 5.74) is 0.717. The first kappa shape index (κ1) is 14.5. The first-order valence-electron chi connectivity index (χ1n) is 6.89. The topological polar surface area (TPSA) is 38.3 Å². The number of ketones is 1. The molecular weight excluding hydrogens is 306 g/mol. The number of Topliss-reactive ketones (excluding diaryl/α,β-unsaturated/α-hetero) is 1. The van der Waals surface area contributed by atoms with Gasteiger partial charge >= 0.3 is 0 Å². The van der Waals surface area contributed by atoms with E-state index in [0.717, 1.165) is 42.4 Å². The average Bonchev–Trinajstić information content (AvgIpc) is 2.46. The van der Waals surface area contributed by atoms with Crippen molar-refractivity contribution in [2.75, 3.05) is 19.7 Å². The first-order chi connectivity index (χ1) is 9.22. The van der Waals surface area contributed by atoms with E-state index in [1.807, 2.05) is 18.2 Å². The van der Waals surface area contributed by atoms with Crippen LogP contribution in [0, 0.1) is 5.92 Å². The fraction of sp³-hybridized carbons (Fsp3) is 0.533. The van der Waals surface area contributed by atoms with Crippen LogP contribution in [-0.4, -0.2) is 25.5 Å². The van der Waals surface area contributed by atoms with Crippen molar-refractivity contribution < 1.29 is 9.53 Å². The molecule has 0 saturated carbocycles. The lowest BCUT2D eigenvalue weighted by Gasteiger charge is -2.22. The Kier molecular flexibility index (Phi) is 5.40. The summed E-state index contributed by atoms with van der Waals surface area (Å²) >= 11 is 3.44. The molecule has 1 aliphatic heterocycles. The maximum Gasteiger partial charge on any atom is 0.169 e. The molecule has 0 unspecified atom stereocenters. The van der Waals surface area contributed by atoms with Crippen LogP contribution >= 0.6 is 15.9 Å². The standard InChI is InChI=1S/C15H20BrNO2/c1-2-9-19-14-4-3-12(16)10-13(14)15(18)11-5-7-17-8-6-11/h3-4,10-11,17H,2,5-9H2,1H3. The largest absolute Gasteiger partial charge is 0.493 e. The van der Waals surface area contributed by atoms with Crippen molar-refractivity contribution in [2.45, 2.75) is 26.2 Å². The zero-order valence-corrected chi connectivity index (χ0v) is 12.8. The molecule has 1 saturated heterocycles. The monoisotopic (exact) mass is 325 g/mol. The Labute approximate surface area is 122 Å². The SMILES string of the molecule is CCCOc1ccc(Br)cc1C(=O)C1CCNCC1. The van der Waals surface area contributed by atoms with Crippen LogP contribution in [-0.2, 0) is 0 Å². The van der Waals surface area contributed by atoms with Crippen LogP contribution in [0.3, 0.4) is 0 Å². The van der Waals surface area contributed by atoms with Gasteiger partial charge in [0, 0.05) is 10.4 Å². The van der Waals surface area contributed by atoms with Gasteiger partial charge in [0.25, 0.3) is 0 Å². The van der Waals surface area contributed by atoms with Gasteiger partial charge in [-0.1, -0.05) is 22.9 Å². The summed E-state index contributed by atoms with van der Waals surface area (Å²) in [5, 5.41) is 3.29. The number of nitrogens with one attached hydrogen (secondary N) is 1. The molecular formula is C15H20BrNO2. The van der Waals surface area contributed by atoms with Crippen LogP contribution in [0.25, 0.3) is 0 Å². The van der Waals surface area contributed by atoms with E-state index in [1.165, 1.54) is 0 Å². The Bertz CT molecular complexity index is 442. The normalized spacial score (nSPS) is 16.3. The highest BCUT2D eigenvalue weighted by Crippen LogP contribution is 2.28.